The molecule has 1 fully saturated rings. The predicted molar refractivity (Wildman–Crippen MR) is 155 cm³/mol. The summed E-state index contributed by atoms with van der Waals surface area (Å²) in [7, 11) is 2.17. The molecule has 3 N–H and O–H groups in total. The Balaban J connectivity index is 0.00000336. The molecule has 0 aliphatic carbocycles. The van der Waals surface area contributed by atoms with Crippen LogP contribution in [0.3, 0.4) is 0 Å². The largest absolute Gasteiger partial charge is 0.396 e. The number of benzene rings is 1. The minimum absolute atomic E-state index is 0. The summed E-state index contributed by atoms with van der Waals surface area (Å²) in [5.74, 6) is 0.363. The van der Waals surface area contributed by atoms with E-state index in [0.29, 0.717) is 17.4 Å². The first-order valence-electron chi connectivity index (χ1n) is 13.6. The molecule has 204 valence electrons. The molecule has 0 unspecified atom stereocenters. The number of halogens is 1. The van der Waals surface area contributed by atoms with Crippen molar-refractivity contribution in [1.29, 1.82) is 0 Å². The second-order valence-electron chi connectivity index (χ2n) is 10.4. The van der Waals surface area contributed by atoms with Crippen LogP contribution in [0, 0.1) is 6.92 Å². The summed E-state index contributed by atoms with van der Waals surface area (Å²) < 4.78 is 2.03. The molecule has 1 aromatic carbocycles. The molecule has 0 saturated carbocycles. The number of anilines is 1. The minimum Gasteiger partial charge on any atom is -0.396 e. The van der Waals surface area contributed by atoms with Crippen LogP contribution in [0.1, 0.15) is 79.2 Å². The molecule has 1 amide bonds. The van der Waals surface area contributed by atoms with Crippen LogP contribution in [-0.2, 0) is 6.54 Å². The Kier molecular flexibility index (Phi) is 9.41. The fourth-order valence-electron chi connectivity index (χ4n) is 5.52. The molecule has 1 atom stereocenters. The summed E-state index contributed by atoms with van der Waals surface area (Å²) in [6, 6.07) is 10.3. The SMILES string of the molecule is Cc1nn(CCCCCCCCO)c2cc(C(=O)Nc3cc4[nH]c([C@H]5CCCN5C)cc4cn3)ccc12.Cl. The molecule has 38 heavy (non-hydrogen) atoms. The number of pyridine rings is 1. The number of nitrogens with zero attached hydrogens (tertiary/aromatic N) is 4. The number of carbonyl (C=O) groups is 1. The number of hydrogen-bond donors (Lipinski definition) is 3. The number of unbranched alkanes of at least 4 members (excludes halogenated alkanes) is 5. The van der Waals surface area contributed by atoms with E-state index in [1.165, 1.54) is 18.5 Å². The number of hydrogen-bond acceptors (Lipinski definition) is 5. The molecule has 3 aromatic heterocycles. The van der Waals surface area contributed by atoms with Gasteiger partial charge in [-0.1, -0.05) is 31.7 Å². The molecular formula is C29H39ClN6O2. The van der Waals surface area contributed by atoms with E-state index in [-0.39, 0.29) is 24.9 Å². The van der Waals surface area contributed by atoms with Crippen molar-refractivity contribution in [2.45, 2.75) is 70.9 Å². The highest BCUT2D eigenvalue weighted by Gasteiger charge is 2.24. The summed E-state index contributed by atoms with van der Waals surface area (Å²) in [4.78, 5) is 23.6. The Hall–Kier alpha value is -2.94. The summed E-state index contributed by atoms with van der Waals surface area (Å²) >= 11 is 0. The molecule has 9 heteroatoms. The number of aromatic amines is 1. The number of aromatic nitrogens is 4. The second kappa shape index (κ2) is 12.7. The zero-order chi connectivity index (χ0) is 25.8. The van der Waals surface area contributed by atoms with E-state index < -0.39 is 0 Å². The third-order valence-electron chi connectivity index (χ3n) is 7.62. The number of rotatable bonds is 11. The van der Waals surface area contributed by atoms with E-state index in [1.807, 2.05) is 42.1 Å². The van der Waals surface area contributed by atoms with Crippen molar-refractivity contribution < 1.29 is 9.90 Å². The van der Waals surface area contributed by atoms with Gasteiger partial charge in [0.1, 0.15) is 5.82 Å². The number of amides is 1. The lowest BCUT2D eigenvalue weighted by Gasteiger charge is -2.17. The Morgan fingerprint density at radius 1 is 1.13 bits per heavy atom. The Morgan fingerprint density at radius 2 is 1.92 bits per heavy atom. The number of fused-ring (bicyclic) bond motifs is 2. The first-order chi connectivity index (χ1) is 18.0. The van der Waals surface area contributed by atoms with Crippen molar-refractivity contribution in [2.75, 3.05) is 25.5 Å². The van der Waals surface area contributed by atoms with Gasteiger partial charge in [-0.2, -0.15) is 5.10 Å². The lowest BCUT2D eigenvalue weighted by molar-refractivity contribution is 0.102. The molecule has 1 aliphatic heterocycles. The van der Waals surface area contributed by atoms with Crippen molar-refractivity contribution in [1.82, 2.24) is 24.6 Å². The summed E-state index contributed by atoms with van der Waals surface area (Å²) in [6.45, 7) is 4.25. The first-order valence-corrected chi connectivity index (χ1v) is 13.6. The van der Waals surface area contributed by atoms with Crippen LogP contribution in [0.25, 0.3) is 21.8 Å². The van der Waals surface area contributed by atoms with Crippen LogP contribution >= 0.6 is 12.4 Å². The number of H-pyrrole nitrogens is 1. The van der Waals surface area contributed by atoms with Gasteiger partial charge in [0.25, 0.3) is 5.91 Å². The molecular weight excluding hydrogens is 500 g/mol. The van der Waals surface area contributed by atoms with Crippen molar-refractivity contribution in [3.63, 3.8) is 0 Å². The second-order valence-corrected chi connectivity index (χ2v) is 10.4. The van der Waals surface area contributed by atoms with E-state index in [0.717, 1.165) is 79.1 Å². The van der Waals surface area contributed by atoms with Crippen LogP contribution in [0.5, 0.6) is 0 Å². The summed E-state index contributed by atoms with van der Waals surface area (Å²) in [5.41, 5.74) is 4.76. The van der Waals surface area contributed by atoms with Crippen LogP contribution in [0.2, 0.25) is 0 Å². The standard InChI is InChI=1S/C29H38N6O2.ClH/c1-20-23-12-11-21(17-27(23)35(33-20)14-7-5-3-4-6-8-15-36)29(37)32-28-18-24-22(19-30-28)16-25(31-24)26-10-9-13-34(26)2;/h11-12,16-19,26,31,36H,3-10,13-15H2,1-2H3,(H,30,32,37);1H/t26-;/m1./s1. The van der Waals surface area contributed by atoms with Crippen molar-refractivity contribution in [2.24, 2.45) is 0 Å². The lowest BCUT2D eigenvalue weighted by Crippen LogP contribution is -2.17. The average Bonchev–Trinajstić information content (AvgIpc) is 3.59. The van der Waals surface area contributed by atoms with Gasteiger partial charge >= 0.3 is 0 Å². The van der Waals surface area contributed by atoms with Crippen molar-refractivity contribution in [3.8, 4) is 0 Å². The van der Waals surface area contributed by atoms with Crippen LogP contribution in [-0.4, -0.2) is 55.9 Å². The van der Waals surface area contributed by atoms with Gasteiger partial charge in [-0.15, -0.1) is 12.4 Å². The van der Waals surface area contributed by atoms with E-state index >= 15 is 0 Å². The summed E-state index contributed by atoms with van der Waals surface area (Å²) in [6.07, 6.45) is 10.7. The van der Waals surface area contributed by atoms with Gasteiger partial charge in [-0.3, -0.25) is 14.4 Å². The van der Waals surface area contributed by atoms with Gasteiger partial charge in [0.2, 0.25) is 0 Å². The molecule has 4 heterocycles. The maximum Gasteiger partial charge on any atom is 0.256 e. The fourth-order valence-corrected chi connectivity index (χ4v) is 5.52. The van der Waals surface area contributed by atoms with Gasteiger partial charge < -0.3 is 15.4 Å². The highest BCUT2D eigenvalue weighted by molar-refractivity contribution is 6.06. The lowest BCUT2D eigenvalue weighted by atomic mass is 10.1. The van der Waals surface area contributed by atoms with Crippen LogP contribution in [0.15, 0.2) is 36.5 Å². The monoisotopic (exact) mass is 538 g/mol. The zero-order valence-corrected chi connectivity index (χ0v) is 23.2. The van der Waals surface area contributed by atoms with Crippen LogP contribution < -0.4 is 5.32 Å². The third kappa shape index (κ3) is 6.20. The smallest absolute Gasteiger partial charge is 0.256 e. The van der Waals surface area contributed by atoms with Gasteiger partial charge in [-0.25, -0.2) is 4.98 Å². The maximum absolute atomic E-state index is 13.1. The van der Waals surface area contributed by atoms with E-state index in [9.17, 15) is 4.79 Å². The third-order valence-corrected chi connectivity index (χ3v) is 7.62. The number of aliphatic hydroxyl groups excluding tert-OH is 1. The minimum atomic E-state index is -0.176. The highest BCUT2D eigenvalue weighted by Crippen LogP contribution is 2.32. The fraction of sp³-hybridized carbons (Fsp3) is 0.483. The molecule has 0 spiro atoms. The molecule has 4 aromatic rings. The number of aryl methyl sites for hydroxylation is 2. The zero-order valence-electron chi connectivity index (χ0n) is 22.4. The average molecular weight is 539 g/mol. The molecule has 5 rings (SSSR count). The highest BCUT2D eigenvalue weighted by atomic mass is 35.5. The van der Waals surface area contributed by atoms with Crippen LogP contribution in [0.4, 0.5) is 5.82 Å². The van der Waals surface area contributed by atoms with Gasteiger partial charge in [0, 0.05) is 53.5 Å². The quantitative estimate of drug-likeness (QED) is 0.203. The first kappa shape index (κ1) is 28.1. The normalized spacial score (nSPS) is 15.8. The number of likely N-dealkylation sites (tertiary alicyclic amines) is 1. The van der Waals surface area contributed by atoms with Crippen molar-refractivity contribution >= 4 is 45.9 Å². The molecule has 0 bridgehead atoms. The Morgan fingerprint density at radius 3 is 2.68 bits per heavy atom. The topological polar surface area (TPSA) is 99.1 Å². The maximum atomic E-state index is 13.1. The van der Waals surface area contributed by atoms with Gasteiger partial charge in [0.05, 0.1) is 16.7 Å². The van der Waals surface area contributed by atoms with E-state index in [1.54, 1.807) is 0 Å². The number of nitrogens with one attached hydrogen (secondary N) is 2. The Bertz CT molecular complexity index is 1380. The van der Waals surface area contributed by atoms with E-state index in [2.05, 4.69) is 33.3 Å². The molecule has 1 aliphatic rings. The number of aliphatic hydroxyl groups is 1. The summed E-state index contributed by atoms with van der Waals surface area (Å²) in [5, 5.41) is 18.7. The van der Waals surface area contributed by atoms with E-state index in [4.69, 9.17) is 10.2 Å². The Labute approximate surface area is 230 Å². The predicted octanol–water partition coefficient (Wildman–Crippen LogP) is 5.99. The molecule has 0 radical (unpaired) electrons. The van der Waals surface area contributed by atoms with Gasteiger partial charge in [-0.05, 0) is 64.4 Å². The van der Waals surface area contributed by atoms with Crippen molar-refractivity contribution in [3.05, 3.63) is 53.5 Å². The molecule has 8 nitrogen and oxygen atoms in total. The number of carbonyl (C=O) groups excluding carboxylic acids is 1. The molecule has 1 saturated heterocycles. The van der Waals surface area contributed by atoms with Gasteiger partial charge in [0.15, 0.2) is 0 Å².